The van der Waals surface area contributed by atoms with E-state index in [-0.39, 0.29) is 40.0 Å². The first-order valence-electron chi connectivity index (χ1n) is 31.0. The zero-order valence-electron chi connectivity index (χ0n) is 51.5. The number of pyridine rings is 2. The van der Waals surface area contributed by atoms with Crippen LogP contribution in [-0.4, -0.2) is 119 Å². The number of halogens is 2. The number of nitrogens with one attached hydrogen (secondary N) is 4. The first-order valence-corrected chi connectivity index (χ1v) is 31.8. The number of urea groups is 2. The van der Waals surface area contributed by atoms with Crippen molar-refractivity contribution in [3.63, 3.8) is 0 Å². The number of nitrogens with zero attached hydrogens (tertiary/aromatic N) is 9. The average Bonchev–Trinajstić information content (AvgIpc) is 1.89. The molecule has 4 N–H and O–H groups in total. The number of carbonyl (C=O) groups excluding carboxylic acids is 2. The van der Waals surface area contributed by atoms with Crippen LogP contribution in [-0.2, 0) is 13.0 Å². The number of hydrogen-bond acceptors (Lipinski definition) is 11. The fourth-order valence-electron chi connectivity index (χ4n) is 12.6. The van der Waals surface area contributed by atoms with Crippen LogP contribution in [0.2, 0.25) is 5.02 Å². The number of rotatable bonds is 11. The molecule has 16 nitrogen and oxygen atoms in total. The number of fused-ring (bicyclic) bond motifs is 4. The summed E-state index contributed by atoms with van der Waals surface area (Å²) in [6.07, 6.45) is 8.46. The van der Waals surface area contributed by atoms with Crippen LogP contribution in [0, 0.1) is 42.3 Å². The minimum Gasteiger partial charge on any atom is -0.495 e. The van der Waals surface area contributed by atoms with E-state index in [1.165, 1.54) is 30.0 Å². The Labute approximate surface area is 559 Å². The summed E-state index contributed by atoms with van der Waals surface area (Å²) in [5.41, 5.74) is 9.45. The molecule has 6 heterocycles. The molecule has 488 valence electrons. The molecule has 4 aliphatic heterocycles. The summed E-state index contributed by atoms with van der Waals surface area (Å²) in [5.74, 6) is 1.51. The van der Waals surface area contributed by atoms with Gasteiger partial charge in [0, 0.05) is 87.8 Å². The van der Waals surface area contributed by atoms with E-state index in [9.17, 15) is 24.5 Å². The number of amides is 4. The number of carbonyl (C=O) groups is 2. The highest BCUT2D eigenvalue weighted by molar-refractivity contribution is 7.80. The maximum absolute atomic E-state index is 13.9. The zero-order valence-corrected chi connectivity index (χ0v) is 53.1. The van der Waals surface area contributed by atoms with Crippen LogP contribution in [0.25, 0.3) is 21.8 Å². The van der Waals surface area contributed by atoms with Gasteiger partial charge >= 0.3 is 12.1 Å². The van der Waals surface area contributed by atoms with E-state index in [0.29, 0.717) is 108 Å². The lowest BCUT2D eigenvalue weighted by atomic mass is 9.96. The van der Waals surface area contributed by atoms with Crippen molar-refractivity contribution in [2.75, 3.05) is 85.2 Å². The van der Waals surface area contributed by atoms with Crippen molar-refractivity contribution in [1.82, 2.24) is 30.0 Å². The fraction of sp³-hybridized carbons (Fsp3) is 0.365. The smallest absolute Gasteiger partial charge is 0.322 e. The van der Waals surface area contributed by atoms with Crippen LogP contribution >= 0.6 is 23.8 Å². The first kappa shape index (κ1) is 71.4. The maximum Gasteiger partial charge on any atom is 0.322 e. The Kier molecular flexibility index (Phi) is 26.1. The Hall–Kier alpha value is -9.07. The highest BCUT2D eigenvalue weighted by atomic mass is 35.5. The van der Waals surface area contributed by atoms with Gasteiger partial charge in [0.05, 0.1) is 51.4 Å². The second-order valence-electron chi connectivity index (χ2n) is 23.4. The van der Waals surface area contributed by atoms with Gasteiger partial charge in [-0.25, -0.2) is 23.9 Å². The van der Waals surface area contributed by atoms with E-state index in [1.54, 1.807) is 35.1 Å². The van der Waals surface area contributed by atoms with E-state index in [0.717, 1.165) is 90.2 Å². The molecule has 4 aliphatic rings. The number of ether oxygens (including phenoxy) is 1. The summed E-state index contributed by atoms with van der Waals surface area (Å²) in [4.78, 5) is 45.5. The largest absolute Gasteiger partial charge is 0.495 e. The molecule has 4 amide bonds. The van der Waals surface area contributed by atoms with E-state index in [1.807, 2.05) is 73.7 Å². The summed E-state index contributed by atoms with van der Waals surface area (Å²) < 4.78 is 19.2. The first-order chi connectivity index (χ1) is 43.8. The van der Waals surface area contributed by atoms with Crippen LogP contribution in [0.5, 0.6) is 5.75 Å². The third-order valence-electron chi connectivity index (χ3n) is 17.1. The summed E-state index contributed by atoms with van der Waals surface area (Å²) in [5, 5.41) is 35.2. The van der Waals surface area contributed by atoms with Crippen molar-refractivity contribution in [1.29, 1.82) is 10.5 Å². The number of aryl methyl sites for hydroxylation is 3. The molecule has 2 atom stereocenters. The van der Waals surface area contributed by atoms with Crippen molar-refractivity contribution in [2.45, 2.75) is 119 Å². The van der Waals surface area contributed by atoms with Crippen molar-refractivity contribution in [3.05, 3.63) is 190 Å². The lowest BCUT2D eigenvalue weighted by molar-refractivity contribution is 0.115. The lowest BCUT2D eigenvalue weighted by Gasteiger charge is -2.39. The van der Waals surface area contributed by atoms with Gasteiger partial charge in [0.1, 0.15) is 35.3 Å². The molecule has 19 heteroatoms. The molecule has 4 fully saturated rings. The summed E-state index contributed by atoms with van der Waals surface area (Å²) in [6, 6.07) is 52.1. The molecule has 8 aromatic rings. The van der Waals surface area contributed by atoms with Crippen molar-refractivity contribution >= 4 is 91.5 Å². The van der Waals surface area contributed by atoms with Gasteiger partial charge in [-0.05, 0) is 160 Å². The van der Waals surface area contributed by atoms with Crippen molar-refractivity contribution in [2.24, 2.45) is 0 Å². The number of methoxy groups -OCH3 is 1. The predicted octanol–water partition coefficient (Wildman–Crippen LogP) is 16.1. The molecule has 2 unspecified atom stereocenters. The van der Waals surface area contributed by atoms with Gasteiger partial charge in [0.25, 0.3) is 0 Å². The van der Waals surface area contributed by atoms with Crippen LogP contribution in [0.1, 0.15) is 108 Å². The van der Waals surface area contributed by atoms with Crippen LogP contribution in [0.3, 0.4) is 0 Å². The summed E-state index contributed by atoms with van der Waals surface area (Å²) in [6.45, 7) is 12.1. The molecule has 12 rings (SSSR count). The van der Waals surface area contributed by atoms with E-state index >= 15 is 0 Å². The number of benzene rings is 6. The molecule has 2 bridgehead atoms. The molecular weight excluding hydrogens is 1210 g/mol. The molecule has 2 aromatic heterocycles. The van der Waals surface area contributed by atoms with Gasteiger partial charge in [-0.3, -0.25) is 4.90 Å². The molecule has 0 radical (unpaired) electrons. The Balaban J connectivity index is 0.000000196. The molecule has 4 saturated heterocycles. The predicted molar refractivity (Wildman–Crippen MR) is 383 cm³/mol. The maximum atomic E-state index is 13.9. The minimum absolute atomic E-state index is 0. The number of aromatic nitrogens is 2. The van der Waals surface area contributed by atoms with Crippen LogP contribution in [0.15, 0.2) is 146 Å². The monoisotopic (exact) mass is 1290 g/mol. The normalized spacial score (nSPS) is 16.7. The number of para-hydroxylation sites is 4. The molecule has 0 spiro atoms. The highest BCUT2D eigenvalue weighted by Gasteiger charge is 2.41. The molecule has 6 aromatic carbocycles. The summed E-state index contributed by atoms with van der Waals surface area (Å²) >= 11 is 11.7. The Morgan fingerprint density at radius 1 is 0.645 bits per heavy atom. The Morgan fingerprint density at radius 3 is 1.83 bits per heavy atom. The number of hydrogen-bond donors (Lipinski definition) is 4. The lowest BCUT2D eigenvalue weighted by Crippen LogP contribution is -2.50. The van der Waals surface area contributed by atoms with E-state index in [4.69, 9.17) is 38.5 Å². The third-order valence-corrected chi connectivity index (χ3v) is 17.6. The van der Waals surface area contributed by atoms with Gasteiger partial charge in [-0.1, -0.05) is 126 Å². The average molecular weight is 1300 g/mol. The third kappa shape index (κ3) is 18.2. The molecular formula is C74H89ClFN13O3S. The zero-order chi connectivity index (χ0) is 63.1. The number of nitriles is 2. The molecule has 0 aliphatic carbocycles. The van der Waals surface area contributed by atoms with Crippen LogP contribution < -0.4 is 35.8 Å². The van der Waals surface area contributed by atoms with Crippen molar-refractivity contribution in [3.8, 4) is 17.9 Å². The molecule has 0 saturated carbocycles. The topological polar surface area (TPSA) is 181 Å². The standard InChI is InChI=1S/C25H26FN5O.C25H27N5O2.C21H24ClN3S.3CH4/c1-2-6-18-9-10-22-19(15-18)16-20(17-27)24(28-22)30-11-5-12-31(14-13-30)25(32)29-23-8-4-3-7-21(23)26;1-17-13-18(2)20-15-19(16-26)24(27-22(20)14-17)29-9-6-10-30(12-11-29)25(31)28-21-7-4-5-8-23(21)32-3;22-19-8-4-5-9-20(19)24-21(26)23-16-12-17-10-11-18(13-16)25(17)14-15-6-2-1-3-7-15;;;/h3-4,7-10,15-16H,2,5-6,11-14H2,1H3,(H,29,32);4-5,7-8,13-15H,6,9-12H2,1-3H3,(H,28,31);1-9,16-18H,10-14H2,(H2,23,24,26);3*1H4. The second kappa shape index (κ2) is 34.0. The fourth-order valence-corrected chi connectivity index (χ4v) is 13.1. The number of thiocarbonyl (C=S) groups is 1. The highest BCUT2D eigenvalue weighted by Crippen LogP contribution is 2.37. The van der Waals surface area contributed by atoms with Gasteiger partial charge < -0.3 is 45.6 Å². The molecule has 93 heavy (non-hydrogen) atoms. The summed E-state index contributed by atoms with van der Waals surface area (Å²) in [7, 11) is 1.58. The van der Waals surface area contributed by atoms with E-state index < -0.39 is 5.82 Å². The second-order valence-corrected chi connectivity index (χ2v) is 24.2. The Bertz CT molecular complexity index is 3920. The SMILES string of the molecule is C.C.C.CCCc1ccc2nc(N3CCCN(C(=O)Nc4ccccc4F)CC3)c(C#N)cc2c1.COc1ccccc1NC(=O)N1CCCN(c2nc3cc(C)cc(C)c3cc2C#N)CC1.S=C(Nc1ccccc1Cl)NC1CC2CCC(C1)N2Cc1ccccc1. The van der Waals surface area contributed by atoms with Gasteiger partial charge in [0.2, 0.25) is 0 Å². The Morgan fingerprint density at radius 2 is 1.22 bits per heavy atom. The quantitative estimate of drug-likeness (QED) is 0.0899. The van der Waals surface area contributed by atoms with Gasteiger partial charge in [0.15, 0.2) is 5.11 Å². The van der Waals surface area contributed by atoms with Gasteiger partial charge in [-0.15, -0.1) is 0 Å². The van der Waals surface area contributed by atoms with Crippen LogP contribution in [0.4, 0.5) is 42.7 Å². The number of piperidine rings is 1. The van der Waals surface area contributed by atoms with Gasteiger partial charge in [-0.2, -0.15) is 10.5 Å². The van der Waals surface area contributed by atoms with E-state index in [2.05, 4.69) is 117 Å². The minimum atomic E-state index is -0.460. The number of anilines is 5. The van der Waals surface area contributed by atoms with Crippen molar-refractivity contribution < 1.29 is 18.7 Å².